The summed E-state index contributed by atoms with van der Waals surface area (Å²) in [5, 5.41) is 3.45. The minimum Gasteiger partial charge on any atom is -0.314 e. The Balaban J connectivity index is 0.000000810. The maximum Gasteiger partial charge on any atom is 0.00106 e. The van der Waals surface area contributed by atoms with Gasteiger partial charge in [0.2, 0.25) is 0 Å². The van der Waals surface area contributed by atoms with Crippen LogP contribution in [0, 0.1) is 5.41 Å². The maximum atomic E-state index is 3.45. The molecule has 0 bridgehead atoms. The summed E-state index contributed by atoms with van der Waals surface area (Å²) in [5.41, 5.74) is 0.671. The molecule has 1 N–H and O–H groups in total. The monoisotopic (exact) mass is 129 g/mol. The topological polar surface area (TPSA) is 12.0 Å². The number of hydrogen-bond donors (Lipinski definition) is 1. The van der Waals surface area contributed by atoms with Gasteiger partial charge in [0.25, 0.3) is 0 Å². The Bertz CT molecular complexity index is 97.4. The number of nitrogens with one attached hydrogen (secondary N) is 1. The van der Waals surface area contributed by atoms with E-state index < -0.39 is 0 Å². The molecule has 1 nitrogen and oxygen atoms in total. The van der Waals surface area contributed by atoms with E-state index in [2.05, 4.69) is 26.1 Å². The van der Waals surface area contributed by atoms with E-state index in [4.69, 9.17) is 0 Å². The molecule has 1 aliphatic carbocycles. The Kier molecular flexibility index (Phi) is 1.80. The standard InChI is InChI=1S/C8H17N.H2/c1-7(2)9-6-8(3)4-5-8;/h7,9H,4-6H2,1-3H3;1H. The highest BCUT2D eigenvalue weighted by Gasteiger charge is 2.36. The molecule has 0 amide bonds. The van der Waals surface area contributed by atoms with Gasteiger partial charge in [-0.2, -0.15) is 0 Å². The van der Waals surface area contributed by atoms with Gasteiger partial charge in [-0.25, -0.2) is 0 Å². The van der Waals surface area contributed by atoms with Gasteiger partial charge in [-0.05, 0) is 18.3 Å². The summed E-state index contributed by atoms with van der Waals surface area (Å²) in [7, 11) is 0. The van der Waals surface area contributed by atoms with Gasteiger partial charge in [0.1, 0.15) is 0 Å². The lowest BCUT2D eigenvalue weighted by atomic mass is 10.1. The van der Waals surface area contributed by atoms with Crippen LogP contribution in [0.25, 0.3) is 0 Å². The van der Waals surface area contributed by atoms with Crippen molar-refractivity contribution in [3.05, 3.63) is 0 Å². The summed E-state index contributed by atoms with van der Waals surface area (Å²) in [6.45, 7) is 7.96. The second-order valence-corrected chi connectivity index (χ2v) is 3.85. The van der Waals surface area contributed by atoms with Crippen molar-refractivity contribution >= 4 is 0 Å². The van der Waals surface area contributed by atoms with E-state index in [1.807, 2.05) is 0 Å². The largest absolute Gasteiger partial charge is 0.314 e. The molecule has 0 heterocycles. The van der Waals surface area contributed by atoms with Crippen LogP contribution in [0.1, 0.15) is 35.0 Å². The molecule has 1 saturated carbocycles. The molecule has 0 radical (unpaired) electrons. The van der Waals surface area contributed by atoms with Gasteiger partial charge in [-0.1, -0.05) is 20.8 Å². The summed E-state index contributed by atoms with van der Waals surface area (Å²) in [6.07, 6.45) is 2.85. The number of rotatable bonds is 3. The molecule has 0 atom stereocenters. The van der Waals surface area contributed by atoms with Crippen molar-refractivity contribution in [1.82, 2.24) is 5.32 Å². The van der Waals surface area contributed by atoms with E-state index in [1.54, 1.807) is 0 Å². The van der Waals surface area contributed by atoms with Crippen molar-refractivity contribution in [3.8, 4) is 0 Å². The minimum absolute atomic E-state index is 0. The van der Waals surface area contributed by atoms with Crippen LogP contribution in [-0.4, -0.2) is 12.6 Å². The highest BCUT2D eigenvalue weighted by atomic mass is 14.9. The van der Waals surface area contributed by atoms with Crippen LogP contribution in [0.3, 0.4) is 0 Å². The van der Waals surface area contributed by atoms with Crippen LogP contribution in [0.2, 0.25) is 0 Å². The molecule has 0 aromatic rings. The van der Waals surface area contributed by atoms with Crippen molar-refractivity contribution in [2.75, 3.05) is 6.54 Å². The zero-order valence-electron chi connectivity index (χ0n) is 6.70. The Morgan fingerprint density at radius 2 is 2.11 bits per heavy atom. The minimum atomic E-state index is 0. The average molecular weight is 129 g/mol. The van der Waals surface area contributed by atoms with Crippen LogP contribution in [-0.2, 0) is 0 Å². The molecule has 9 heavy (non-hydrogen) atoms. The zero-order valence-corrected chi connectivity index (χ0v) is 6.70. The van der Waals surface area contributed by atoms with Gasteiger partial charge in [0.15, 0.2) is 0 Å². The average Bonchev–Trinajstić information content (AvgIpc) is 2.45. The molecule has 1 aliphatic rings. The van der Waals surface area contributed by atoms with Gasteiger partial charge in [0, 0.05) is 14.0 Å². The van der Waals surface area contributed by atoms with Crippen molar-refractivity contribution in [2.24, 2.45) is 5.41 Å². The highest BCUT2D eigenvalue weighted by Crippen LogP contribution is 2.44. The van der Waals surface area contributed by atoms with E-state index in [-0.39, 0.29) is 1.43 Å². The molecular formula is C8H19N. The predicted octanol–water partition coefficient (Wildman–Crippen LogP) is 2.03. The fourth-order valence-electron chi connectivity index (χ4n) is 0.841. The molecular weight excluding hydrogens is 110 g/mol. The van der Waals surface area contributed by atoms with E-state index in [0.29, 0.717) is 11.5 Å². The second kappa shape index (κ2) is 2.30. The fourth-order valence-corrected chi connectivity index (χ4v) is 0.841. The molecule has 0 saturated heterocycles. The smallest absolute Gasteiger partial charge is 0.00106 e. The molecule has 0 unspecified atom stereocenters. The fraction of sp³-hybridized carbons (Fsp3) is 1.00. The molecule has 1 fully saturated rings. The van der Waals surface area contributed by atoms with Crippen LogP contribution >= 0.6 is 0 Å². The third-order valence-electron chi connectivity index (χ3n) is 2.04. The first-order valence-electron chi connectivity index (χ1n) is 3.86. The SMILES string of the molecule is CC(C)NCC1(C)CC1.[HH]. The first-order chi connectivity index (χ1) is 4.12. The first kappa shape index (κ1) is 7.07. The quantitative estimate of drug-likeness (QED) is 0.615. The molecule has 1 heteroatoms. The van der Waals surface area contributed by atoms with E-state index in [9.17, 15) is 0 Å². The normalized spacial score (nSPS) is 22.7. The third-order valence-corrected chi connectivity index (χ3v) is 2.04. The van der Waals surface area contributed by atoms with Crippen LogP contribution < -0.4 is 5.32 Å². The van der Waals surface area contributed by atoms with Crippen molar-refractivity contribution in [2.45, 2.75) is 39.7 Å². The molecule has 0 aromatic heterocycles. The molecule has 0 spiro atoms. The molecule has 0 aliphatic heterocycles. The predicted molar refractivity (Wildman–Crippen MR) is 42.6 cm³/mol. The Labute approximate surface area is 59.3 Å². The lowest BCUT2D eigenvalue weighted by Gasteiger charge is -2.11. The molecule has 1 rings (SSSR count). The first-order valence-corrected chi connectivity index (χ1v) is 3.86. The Hall–Kier alpha value is -0.0400. The van der Waals surface area contributed by atoms with Crippen molar-refractivity contribution in [3.63, 3.8) is 0 Å². The van der Waals surface area contributed by atoms with Crippen LogP contribution in [0.5, 0.6) is 0 Å². The second-order valence-electron chi connectivity index (χ2n) is 3.85. The lowest BCUT2D eigenvalue weighted by molar-refractivity contribution is 0.464. The third kappa shape index (κ3) is 2.35. The van der Waals surface area contributed by atoms with Gasteiger partial charge in [-0.3, -0.25) is 0 Å². The van der Waals surface area contributed by atoms with E-state index in [0.717, 1.165) is 0 Å². The Morgan fingerprint density at radius 3 is 2.44 bits per heavy atom. The van der Waals surface area contributed by atoms with Crippen molar-refractivity contribution < 1.29 is 1.43 Å². The number of hydrogen-bond acceptors (Lipinski definition) is 1. The van der Waals surface area contributed by atoms with Gasteiger partial charge < -0.3 is 5.32 Å². The van der Waals surface area contributed by atoms with E-state index in [1.165, 1.54) is 19.4 Å². The van der Waals surface area contributed by atoms with Crippen LogP contribution in [0.15, 0.2) is 0 Å². The zero-order chi connectivity index (χ0) is 6.91. The summed E-state index contributed by atoms with van der Waals surface area (Å²) < 4.78 is 0. The van der Waals surface area contributed by atoms with Gasteiger partial charge >= 0.3 is 0 Å². The van der Waals surface area contributed by atoms with Crippen molar-refractivity contribution in [1.29, 1.82) is 0 Å². The lowest BCUT2D eigenvalue weighted by Crippen LogP contribution is -2.28. The van der Waals surface area contributed by atoms with Crippen LogP contribution in [0.4, 0.5) is 0 Å². The molecule has 56 valence electrons. The summed E-state index contributed by atoms with van der Waals surface area (Å²) in [4.78, 5) is 0. The molecule has 0 aromatic carbocycles. The van der Waals surface area contributed by atoms with Gasteiger partial charge in [-0.15, -0.1) is 0 Å². The summed E-state index contributed by atoms with van der Waals surface area (Å²) >= 11 is 0. The van der Waals surface area contributed by atoms with E-state index >= 15 is 0 Å². The van der Waals surface area contributed by atoms with Gasteiger partial charge in [0.05, 0.1) is 0 Å². The Morgan fingerprint density at radius 1 is 1.56 bits per heavy atom. The maximum absolute atomic E-state index is 3.45. The summed E-state index contributed by atoms with van der Waals surface area (Å²) in [6, 6.07) is 0.655. The highest BCUT2D eigenvalue weighted by molar-refractivity contribution is 4.90. The summed E-state index contributed by atoms with van der Waals surface area (Å²) in [5.74, 6) is 0.